The number of aryl methyl sites for hydroxylation is 1. The molecule has 0 radical (unpaired) electrons. The summed E-state index contributed by atoms with van der Waals surface area (Å²) in [6, 6.07) is 5.39. The van der Waals surface area contributed by atoms with Crippen LogP contribution in [0.1, 0.15) is 52.5 Å². The lowest BCUT2D eigenvalue weighted by molar-refractivity contribution is 0.0791. The van der Waals surface area contributed by atoms with Crippen LogP contribution in [0.15, 0.2) is 18.2 Å². The van der Waals surface area contributed by atoms with E-state index in [9.17, 15) is 9.59 Å². The van der Waals surface area contributed by atoms with E-state index in [4.69, 9.17) is 0 Å². The molecule has 0 atom stereocenters. The van der Waals surface area contributed by atoms with E-state index in [-0.39, 0.29) is 11.7 Å². The normalized spacial score (nSPS) is 14.9. The second-order valence-electron chi connectivity index (χ2n) is 4.81. The summed E-state index contributed by atoms with van der Waals surface area (Å²) in [6.07, 6.45) is 2.69. The lowest BCUT2D eigenvalue weighted by Gasteiger charge is -2.17. The van der Waals surface area contributed by atoms with Crippen LogP contribution in [0.3, 0.4) is 0 Å². The Balaban J connectivity index is 2.24. The van der Waals surface area contributed by atoms with E-state index in [1.807, 2.05) is 24.8 Å². The van der Waals surface area contributed by atoms with E-state index in [2.05, 4.69) is 0 Å². The average Bonchev–Trinajstić information content (AvgIpc) is 2.90. The van der Waals surface area contributed by atoms with Gasteiger partial charge in [-0.3, -0.25) is 9.59 Å². The smallest absolute Gasteiger partial charge is 0.254 e. The zero-order chi connectivity index (χ0) is 13.1. The van der Waals surface area contributed by atoms with Crippen molar-refractivity contribution in [1.82, 2.24) is 4.90 Å². The molecule has 3 nitrogen and oxygen atoms in total. The van der Waals surface area contributed by atoms with Crippen LogP contribution in [0.5, 0.6) is 0 Å². The number of hydrogen-bond acceptors (Lipinski definition) is 2. The van der Waals surface area contributed by atoms with E-state index >= 15 is 0 Å². The van der Waals surface area contributed by atoms with Gasteiger partial charge in [-0.1, -0.05) is 13.0 Å². The number of hydrogen-bond donors (Lipinski definition) is 0. The third-order valence-electron chi connectivity index (χ3n) is 3.49. The number of carbonyl (C=O) groups is 2. The maximum Gasteiger partial charge on any atom is 0.254 e. The van der Waals surface area contributed by atoms with Gasteiger partial charge in [0.25, 0.3) is 5.91 Å². The van der Waals surface area contributed by atoms with Crippen LogP contribution in [0.4, 0.5) is 0 Å². The first kappa shape index (κ1) is 12.8. The van der Waals surface area contributed by atoms with Crippen molar-refractivity contribution in [1.29, 1.82) is 0 Å². The number of likely N-dealkylation sites (tertiary alicyclic amines) is 1. The third-order valence-corrected chi connectivity index (χ3v) is 3.49. The van der Waals surface area contributed by atoms with Gasteiger partial charge in [-0.15, -0.1) is 0 Å². The number of ketones is 1. The van der Waals surface area contributed by atoms with Crippen LogP contribution >= 0.6 is 0 Å². The largest absolute Gasteiger partial charge is 0.339 e. The molecule has 0 aliphatic carbocycles. The number of rotatable bonds is 3. The van der Waals surface area contributed by atoms with Crippen LogP contribution in [-0.4, -0.2) is 29.7 Å². The van der Waals surface area contributed by atoms with Crippen molar-refractivity contribution in [2.24, 2.45) is 0 Å². The van der Waals surface area contributed by atoms with Crippen molar-refractivity contribution in [3.8, 4) is 0 Å². The average molecular weight is 245 g/mol. The van der Waals surface area contributed by atoms with E-state index in [1.165, 1.54) is 0 Å². The van der Waals surface area contributed by atoms with Crippen molar-refractivity contribution in [3.63, 3.8) is 0 Å². The zero-order valence-corrected chi connectivity index (χ0v) is 11.0. The summed E-state index contributed by atoms with van der Waals surface area (Å²) in [4.78, 5) is 25.8. The Bertz CT molecular complexity index is 473. The van der Waals surface area contributed by atoms with Gasteiger partial charge in [-0.2, -0.15) is 0 Å². The molecule has 0 spiro atoms. The highest BCUT2D eigenvalue weighted by molar-refractivity contribution is 5.99. The summed E-state index contributed by atoms with van der Waals surface area (Å²) in [6.45, 7) is 5.46. The summed E-state index contributed by atoms with van der Waals surface area (Å²) in [5, 5.41) is 0. The molecule has 0 N–H and O–H groups in total. The van der Waals surface area contributed by atoms with Gasteiger partial charge in [0.05, 0.1) is 0 Å². The molecule has 0 bridgehead atoms. The van der Waals surface area contributed by atoms with Gasteiger partial charge in [-0.25, -0.2) is 0 Å². The van der Waals surface area contributed by atoms with Crippen molar-refractivity contribution >= 4 is 11.7 Å². The van der Waals surface area contributed by atoms with Crippen molar-refractivity contribution in [2.75, 3.05) is 13.1 Å². The summed E-state index contributed by atoms with van der Waals surface area (Å²) >= 11 is 0. The molecule has 1 amide bonds. The van der Waals surface area contributed by atoms with Crippen LogP contribution in [0.2, 0.25) is 0 Å². The minimum absolute atomic E-state index is 0.0977. The number of carbonyl (C=O) groups excluding carboxylic acids is 2. The summed E-state index contributed by atoms with van der Waals surface area (Å²) in [5.74, 6) is 0.221. The molecule has 1 saturated heterocycles. The van der Waals surface area contributed by atoms with E-state index in [1.54, 1.807) is 12.1 Å². The topological polar surface area (TPSA) is 37.4 Å². The standard InChI is InChI=1S/C15H19NO2/c1-3-14(17)12-6-7-13(11(2)10-12)15(18)16-8-4-5-9-16/h6-7,10H,3-5,8-9H2,1-2H3. The van der Waals surface area contributed by atoms with Gasteiger partial charge >= 0.3 is 0 Å². The molecule has 1 aromatic rings. The SMILES string of the molecule is CCC(=O)c1ccc(C(=O)N2CCCC2)c(C)c1. The van der Waals surface area contributed by atoms with Gasteiger partial charge in [0.15, 0.2) is 5.78 Å². The van der Waals surface area contributed by atoms with Crippen molar-refractivity contribution < 1.29 is 9.59 Å². The maximum absolute atomic E-state index is 12.3. The molecular formula is C15H19NO2. The van der Waals surface area contributed by atoms with Gasteiger partial charge in [-0.05, 0) is 37.5 Å². The highest BCUT2D eigenvalue weighted by atomic mass is 16.2. The number of amides is 1. The Morgan fingerprint density at radius 3 is 2.44 bits per heavy atom. The maximum atomic E-state index is 12.3. The lowest BCUT2D eigenvalue weighted by atomic mass is 10.0. The molecule has 0 aromatic heterocycles. The monoisotopic (exact) mass is 245 g/mol. The Kier molecular flexibility index (Phi) is 3.80. The third kappa shape index (κ3) is 2.45. The Morgan fingerprint density at radius 2 is 1.89 bits per heavy atom. The van der Waals surface area contributed by atoms with E-state index in [0.29, 0.717) is 12.0 Å². The highest BCUT2D eigenvalue weighted by Crippen LogP contribution is 2.18. The fraction of sp³-hybridized carbons (Fsp3) is 0.467. The molecule has 18 heavy (non-hydrogen) atoms. The van der Waals surface area contributed by atoms with Crippen LogP contribution in [-0.2, 0) is 0 Å². The molecular weight excluding hydrogens is 226 g/mol. The second-order valence-corrected chi connectivity index (χ2v) is 4.81. The first-order chi connectivity index (χ1) is 8.63. The second kappa shape index (κ2) is 5.34. The zero-order valence-electron chi connectivity index (χ0n) is 11.0. The molecule has 1 aliphatic rings. The van der Waals surface area contributed by atoms with E-state index in [0.717, 1.165) is 37.1 Å². The predicted octanol–water partition coefficient (Wildman–Crippen LogP) is 2.82. The molecule has 1 aromatic carbocycles. The van der Waals surface area contributed by atoms with Crippen molar-refractivity contribution in [3.05, 3.63) is 34.9 Å². The first-order valence-corrected chi connectivity index (χ1v) is 6.56. The van der Waals surface area contributed by atoms with Crippen molar-refractivity contribution in [2.45, 2.75) is 33.1 Å². The molecule has 2 rings (SSSR count). The van der Waals surface area contributed by atoms with Crippen LogP contribution in [0, 0.1) is 6.92 Å². The molecule has 1 heterocycles. The Hall–Kier alpha value is -1.64. The lowest BCUT2D eigenvalue weighted by Crippen LogP contribution is -2.28. The van der Waals surface area contributed by atoms with Crippen LogP contribution in [0.25, 0.3) is 0 Å². The molecule has 0 saturated carbocycles. The van der Waals surface area contributed by atoms with Gasteiger partial charge in [0, 0.05) is 30.6 Å². The Morgan fingerprint density at radius 1 is 1.22 bits per heavy atom. The number of Topliss-reactive ketones (excluding diaryl/α,β-unsaturated/α-hetero) is 1. The first-order valence-electron chi connectivity index (χ1n) is 6.56. The van der Waals surface area contributed by atoms with Gasteiger partial charge in [0.1, 0.15) is 0 Å². The predicted molar refractivity (Wildman–Crippen MR) is 70.9 cm³/mol. The molecule has 96 valence electrons. The van der Waals surface area contributed by atoms with Crippen LogP contribution < -0.4 is 0 Å². The highest BCUT2D eigenvalue weighted by Gasteiger charge is 2.21. The summed E-state index contributed by atoms with van der Waals surface area (Å²) in [5.41, 5.74) is 2.32. The fourth-order valence-corrected chi connectivity index (χ4v) is 2.37. The molecule has 1 aliphatic heterocycles. The quantitative estimate of drug-likeness (QED) is 0.768. The minimum Gasteiger partial charge on any atom is -0.339 e. The molecule has 0 unspecified atom stereocenters. The number of nitrogens with zero attached hydrogens (tertiary/aromatic N) is 1. The minimum atomic E-state index is 0.0977. The molecule has 1 fully saturated rings. The fourth-order valence-electron chi connectivity index (χ4n) is 2.37. The number of benzene rings is 1. The Labute approximate surface area is 108 Å². The van der Waals surface area contributed by atoms with Gasteiger partial charge < -0.3 is 4.90 Å². The van der Waals surface area contributed by atoms with E-state index < -0.39 is 0 Å². The summed E-state index contributed by atoms with van der Waals surface area (Å²) < 4.78 is 0. The van der Waals surface area contributed by atoms with Gasteiger partial charge in [0.2, 0.25) is 0 Å². The molecule has 3 heteroatoms. The summed E-state index contributed by atoms with van der Waals surface area (Å²) in [7, 11) is 0.